The van der Waals surface area contributed by atoms with Crippen LogP contribution in [0.4, 0.5) is 4.79 Å². The van der Waals surface area contributed by atoms with Crippen LogP contribution in [0.2, 0.25) is 0 Å². The molecule has 0 radical (unpaired) electrons. The van der Waals surface area contributed by atoms with Gasteiger partial charge in [-0.15, -0.1) is 23.0 Å². The van der Waals surface area contributed by atoms with Crippen LogP contribution >= 0.6 is 12.4 Å². The molecule has 4 rings (SSSR count). The van der Waals surface area contributed by atoms with Gasteiger partial charge in [0.05, 0.1) is 5.41 Å². The van der Waals surface area contributed by atoms with E-state index in [0.29, 0.717) is 13.1 Å². The van der Waals surface area contributed by atoms with E-state index in [-0.39, 0.29) is 23.9 Å². The summed E-state index contributed by atoms with van der Waals surface area (Å²) in [6.07, 6.45) is 5.82. The largest absolute Gasteiger partial charge is 0.444 e. The van der Waals surface area contributed by atoms with Gasteiger partial charge in [-0.1, -0.05) is 49.6 Å². The molecule has 1 aromatic carbocycles. The number of hydrogen-bond acceptors (Lipinski definition) is 6. The number of nitrogens with zero attached hydrogens (tertiary/aromatic N) is 2. The van der Waals surface area contributed by atoms with Gasteiger partial charge in [0, 0.05) is 13.1 Å². The summed E-state index contributed by atoms with van der Waals surface area (Å²) in [6.45, 7) is 6.92. The van der Waals surface area contributed by atoms with Crippen molar-refractivity contribution < 1.29 is 9.53 Å². The van der Waals surface area contributed by atoms with Gasteiger partial charge in [-0.2, -0.15) is 0 Å². The summed E-state index contributed by atoms with van der Waals surface area (Å²) >= 11 is 0. The van der Waals surface area contributed by atoms with E-state index >= 15 is 0 Å². The summed E-state index contributed by atoms with van der Waals surface area (Å²) in [5.74, 6) is 0.859. The van der Waals surface area contributed by atoms with Gasteiger partial charge in [0.2, 0.25) is 0 Å². The number of carbonyl (C=O) groups is 1. The van der Waals surface area contributed by atoms with Gasteiger partial charge in [-0.3, -0.25) is 5.43 Å². The normalized spacial score (nSPS) is 19.7. The smallest absolute Gasteiger partial charge is 0.410 e. The number of ether oxygens (including phenoxy) is 1. The Morgan fingerprint density at radius 2 is 1.71 bits per heavy atom. The molecule has 3 N–H and O–H groups in total. The Kier molecular flexibility index (Phi) is 7.55. The number of carbonyl (C=O) groups excluding carboxylic acids is 1. The molecule has 1 amide bonds. The second kappa shape index (κ2) is 9.47. The first-order valence-corrected chi connectivity index (χ1v) is 9.78. The van der Waals surface area contributed by atoms with Crippen LogP contribution in [0.5, 0.6) is 0 Å². The highest BCUT2D eigenvalue weighted by molar-refractivity contribution is 5.93. The van der Waals surface area contributed by atoms with Crippen molar-refractivity contribution in [1.82, 2.24) is 21.4 Å². The van der Waals surface area contributed by atoms with Crippen molar-refractivity contribution in [3.63, 3.8) is 0 Å². The molecular weight excluding hydrogens is 378 g/mol. The number of benzene rings is 1. The SMILES string of the molecule is C1CC1.CC(C)(C)OC(=O)N1CCC(C2=NNNN2)(c2ccccc2)CC1.Cl. The van der Waals surface area contributed by atoms with Crippen LogP contribution in [0, 0.1) is 0 Å². The maximum Gasteiger partial charge on any atom is 0.410 e. The second-order valence-corrected chi connectivity index (χ2v) is 8.30. The maximum atomic E-state index is 12.3. The maximum absolute atomic E-state index is 12.3. The van der Waals surface area contributed by atoms with E-state index in [1.807, 2.05) is 39.0 Å². The lowest BCUT2D eigenvalue weighted by Gasteiger charge is -2.41. The quantitative estimate of drug-likeness (QED) is 0.697. The molecule has 0 bridgehead atoms. The zero-order valence-electron chi connectivity index (χ0n) is 17.0. The molecule has 3 aliphatic rings. The number of halogens is 1. The fourth-order valence-electron chi connectivity index (χ4n) is 3.24. The van der Waals surface area contributed by atoms with E-state index in [2.05, 4.69) is 33.7 Å². The Labute approximate surface area is 173 Å². The van der Waals surface area contributed by atoms with Gasteiger partial charge in [-0.05, 0) is 39.2 Å². The van der Waals surface area contributed by atoms with Crippen molar-refractivity contribution in [3.05, 3.63) is 35.9 Å². The molecule has 8 heteroatoms. The third-order valence-corrected chi connectivity index (χ3v) is 4.81. The molecule has 0 unspecified atom stereocenters. The van der Waals surface area contributed by atoms with Gasteiger partial charge in [0.1, 0.15) is 11.4 Å². The third-order valence-electron chi connectivity index (χ3n) is 4.81. The second-order valence-electron chi connectivity index (χ2n) is 8.30. The molecule has 1 aliphatic carbocycles. The van der Waals surface area contributed by atoms with Crippen LogP contribution in [0.15, 0.2) is 35.4 Å². The minimum absolute atomic E-state index is 0. The molecule has 0 spiro atoms. The summed E-state index contributed by atoms with van der Waals surface area (Å²) in [5, 5.41) is 4.35. The Hall–Kier alpha value is -1.99. The monoisotopic (exact) mass is 409 g/mol. The summed E-state index contributed by atoms with van der Waals surface area (Å²) in [5.41, 5.74) is 9.16. The lowest BCUT2D eigenvalue weighted by Crippen LogP contribution is -2.53. The molecular formula is C20H32ClN5O2. The van der Waals surface area contributed by atoms with Gasteiger partial charge < -0.3 is 9.64 Å². The molecule has 0 aromatic heterocycles. The van der Waals surface area contributed by atoms with Gasteiger partial charge >= 0.3 is 6.09 Å². The van der Waals surface area contributed by atoms with Crippen LogP contribution in [0.3, 0.4) is 0 Å². The molecule has 156 valence electrons. The average molecular weight is 410 g/mol. The number of hydrazine groups is 2. The number of amides is 1. The van der Waals surface area contributed by atoms with Crippen molar-refractivity contribution in [1.29, 1.82) is 0 Å². The molecule has 1 saturated carbocycles. The van der Waals surface area contributed by atoms with Crippen molar-refractivity contribution in [2.75, 3.05) is 13.1 Å². The Morgan fingerprint density at radius 3 is 2.18 bits per heavy atom. The van der Waals surface area contributed by atoms with E-state index in [4.69, 9.17) is 4.74 Å². The summed E-state index contributed by atoms with van der Waals surface area (Å²) in [7, 11) is 0. The van der Waals surface area contributed by atoms with Gasteiger partial charge in [0.15, 0.2) is 0 Å². The van der Waals surface area contributed by atoms with E-state index in [0.717, 1.165) is 18.7 Å². The Balaban J connectivity index is 0.000000640. The van der Waals surface area contributed by atoms with E-state index < -0.39 is 5.60 Å². The highest BCUT2D eigenvalue weighted by Gasteiger charge is 2.43. The molecule has 28 heavy (non-hydrogen) atoms. The van der Waals surface area contributed by atoms with E-state index in [1.165, 1.54) is 24.8 Å². The van der Waals surface area contributed by atoms with Crippen LogP contribution in [-0.2, 0) is 10.2 Å². The minimum atomic E-state index is -0.476. The predicted octanol–water partition coefficient (Wildman–Crippen LogP) is 3.47. The molecule has 2 fully saturated rings. The van der Waals surface area contributed by atoms with Crippen LogP contribution in [-0.4, -0.2) is 35.5 Å². The Morgan fingerprint density at radius 1 is 1.11 bits per heavy atom. The molecule has 7 nitrogen and oxygen atoms in total. The van der Waals surface area contributed by atoms with Crippen molar-refractivity contribution in [2.45, 2.75) is 63.9 Å². The number of likely N-dealkylation sites (tertiary alicyclic amines) is 1. The molecule has 0 atom stereocenters. The molecule has 1 aromatic rings. The highest BCUT2D eigenvalue weighted by atomic mass is 35.5. The Bertz CT molecular complexity index is 662. The zero-order chi connectivity index (χ0) is 19.3. The lowest BCUT2D eigenvalue weighted by atomic mass is 9.72. The van der Waals surface area contributed by atoms with Crippen molar-refractivity contribution in [2.24, 2.45) is 5.10 Å². The predicted molar refractivity (Wildman–Crippen MR) is 113 cm³/mol. The van der Waals surface area contributed by atoms with Crippen LogP contribution in [0.25, 0.3) is 0 Å². The van der Waals surface area contributed by atoms with Gasteiger partial charge in [-0.25, -0.2) is 10.3 Å². The van der Waals surface area contributed by atoms with Crippen LogP contribution < -0.4 is 16.5 Å². The number of rotatable bonds is 2. The van der Waals surface area contributed by atoms with Crippen molar-refractivity contribution >= 4 is 24.3 Å². The number of piperidine rings is 1. The average Bonchev–Trinajstić information content (AvgIpc) is 3.44. The molecule has 1 saturated heterocycles. The van der Waals surface area contributed by atoms with Gasteiger partial charge in [0.25, 0.3) is 0 Å². The first-order valence-electron chi connectivity index (χ1n) is 9.78. The van der Waals surface area contributed by atoms with Crippen molar-refractivity contribution in [3.8, 4) is 0 Å². The highest BCUT2D eigenvalue weighted by Crippen LogP contribution is 2.37. The van der Waals surface area contributed by atoms with Crippen LogP contribution in [0.1, 0.15) is 58.4 Å². The fourth-order valence-corrected chi connectivity index (χ4v) is 3.24. The number of hydrogen-bond donors (Lipinski definition) is 3. The number of hydrazone groups is 1. The topological polar surface area (TPSA) is 78.0 Å². The first-order chi connectivity index (χ1) is 12.9. The minimum Gasteiger partial charge on any atom is -0.444 e. The van der Waals surface area contributed by atoms with E-state index in [9.17, 15) is 4.79 Å². The first kappa shape index (κ1) is 22.3. The summed E-state index contributed by atoms with van der Waals surface area (Å²) in [6, 6.07) is 10.3. The van der Waals surface area contributed by atoms with E-state index in [1.54, 1.807) is 4.90 Å². The standard InChI is InChI=1S/C17H25N5O2.C3H6.ClH/c1-16(2,3)24-15(23)22-11-9-17(10-12-22,14-18-20-21-19-14)13-7-5-4-6-8-13;1-2-3-1;/h4-8,20-21H,9-12H2,1-3H3,(H,18,19);1-3H2;1H. The fraction of sp³-hybridized carbons (Fsp3) is 0.600. The summed E-state index contributed by atoms with van der Waals surface area (Å²) in [4.78, 5) is 14.1. The molecule has 2 heterocycles. The summed E-state index contributed by atoms with van der Waals surface area (Å²) < 4.78 is 5.49. The molecule has 2 aliphatic heterocycles. The zero-order valence-corrected chi connectivity index (χ0v) is 17.8. The number of nitrogens with one attached hydrogen (secondary N) is 3. The number of amidine groups is 1. The third kappa shape index (κ3) is 5.75. The lowest BCUT2D eigenvalue weighted by molar-refractivity contribution is 0.0188.